The van der Waals surface area contributed by atoms with E-state index in [0.717, 1.165) is 18.9 Å². The molecule has 2 rings (SSSR count). The van der Waals surface area contributed by atoms with Crippen LogP contribution in [0.2, 0.25) is 0 Å². The summed E-state index contributed by atoms with van der Waals surface area (Å²) >= 11 is 0. The van der Waals surface area contributed by atoms with E-state index in [0.29, 0.717) is 12.1 Å². The molecular formula is C18H33N3. The van der Waals surface area contributed by atoms with Gasteiger partial charge in [-0.2, -0.15) is 5.10 Å². The van der Waals surface area contributed by atoms with Crippen molar-refractivity contribution in [3.05, 3.63) is 18.0 Å². The summed E-state index contributed by atoms with van der Waals surface area (Å²) in [5, 5.41) is 8.55. The summed E-state index contributed by atoms with van der Waals surface area (Å²) in [5.74, 6) is 0.736. The molecule has 0 bridgehead atoms. The normalized spacial score (nSPS) is 18.3. The van der Waals surface area contributed by atoms with E-state index in [2.05, 4.69) is 43.0 Å². The molecular weight excluding hydrogens is 258 g/mol. The fraction of sp³-hybridized carbons (Fsp3) is 0.833. The Labute approximate surface area is 130 Å². The Kier molecular flexibility index (Phi) is 6.75. The zero-order chi connectivity index (χ0) is 15.1. The number of nitrogens with zero attached hydrogens (tertiary/aromatic N) is 2. The van der Waals surface area contributed by atoms with E-state index < -0.39 is 0 Å². The summed E-state index contributed by atoms with van der Waals surface area (Å²) in [6.45, 7) is 7.96. The summed E-state index contributed by atoms with van der Waals surface area (Å²) in [4.78, 5) is 0. The van der Waals surface area contributed by atoms with Gasteiger partial charge in [-0.15, -0.1) is 0 Å². The first-order chi connectivity index (χ1) is 10.2. The highest BCUT2D eigenvalue weighted by molar-refractivity contribution is 5.02. The molecule has 0 amide bonds. The molecule has 1 aromatic rings. The first-order valence-corrected chi connectivity index (χ1v) is 8.96. The molecule has 1 heterocycles. The van der Waals surface area contributed by atoms with Crippen LogP contribution in [-0.2, 0) is 6.42 Å². The molecule has 1 atom stereocenters. The quantitative estimate of drug-likeness (QED) is 0.772. The van der Waals surface area contributed by atoms with Gasteiger partial charge in [0.05, 0.1) is 11.7 Å². The van der Waals surface area contributed by atoms with Gasteiger partial charge in [0.2, 0.25) is 0 Å². The van der Waals surface area contributed by atoms with Gasteiger partial charge in [0.25, 0.3) is 0 Å². The summed E-state index contributed by atoms with van der Waals surface area (Å²) in [5.41, 5.74) is 1.26. The molecule has 3 heteroatoms. The van der Waals surface area contributed by atoms with Gasteiger partial charge in [-0.05, 0) is 44.2 Å². The van der Waals surface area contributed by atoms with Crippen molar-refractivity contribution in [3.8, 4) is 0 Å². The van der Waals surface area contributed by atoms with Crippen LogP contribution < -0.4 is 5.32 Å². The van der Waals surface area contributed by atoms with Gasteiger partial charge in [-0.3, -0.25) is 4.68 Å². The highest BCUT2D eigenvalue weighted by Gasteiger charge is 2.17. The smallest absolute Gasteiger partial charge is 0.0640 e. The van der Waals surface area contributed by atoms with E-state index in [-0.39, 0.29) is 0 Å². The second-order valence-electron chi connectivity index (χ2n) is 7.06. The third-order valence-corrected chi connectivity index (χ3v) is 4.51. The average Bonchev–Trinajstić information content (AvgIpc) is 2.93. The minimum absolute atomic E-state index is 0.569. The molecule has 21 heavy (non-hydrogen) atoms. The Balaban J connectivity index is 1.91. The first kappa shape index (κ1) is 16.5. The molecule has 0 aromatic carbocycles. The lowest BCUT2D eigenvalue weighted by atomic mass is 9.96. The van der Waals surface area contributed by atoms with Crippen molar-refractivity contribution >= 4 is 0 Å². The van der Waals surface area contributed by atoms with Crippen LogP contribution in [0.4, 0.5) is 0 Å². The zero-order valence-corrected chi connectivity index (χ0v) is 14.1. The van der Waals surface area contributed by atoms with Crippen molar-refractivity contribution in [2.75, 3.05) is 6.54 Å². The van der Waals surface area contributed by atoms with Crippen molar-refractivity contribution in [1.29, 1.82) is 0 Å². The minimum atomic E-state index is 0.569. The standard InChI is InChI=1S/C18H33N3/c1-4-11-19-17(13-15(2)3)14-16-10-12-21(20-16)18-8-6-5-7-9-18/h10,12,15,17-19H,4-9,11,13-14H2,1-3H3. The Morgan fingerprint density at radius 3 is 2.71 bits per heavy atom. The van der Waals surface area contributed by atoms with E-state index in [1.807, 2.05) is 0 Å². The first-order valence-electron chi connectivity index (χ1n) is 8.96. The van der Waals surface area contributed by atoms with Crippen molar-refractivity contribution in [1.82, 2.24) is 15.1 Å². The summed E-state index contributed by atoms with van der Waals surface area (Å²) in [6, 6.07) is 3.45. The molecule has 1 aromatic heterocycles. The lowest BCUT2D eigenvalue weighted by Gasteiger charge is -2.22. The number of hydrogen-bond donors (Lipinski definition) is 1. The van der Waals surface area contributed by atoms with Gasteiger partial charge in [-0.1, -0.05) is 40.0 Å². The van der Waals surface area contributed by atoms with Gasteiger partial charge in [0.1, 0.15) is 0 Å². The third-order valence-electron chi connectivity index (χ3n) is 4.51. The van der Waals surface area contributed by atoms with E-state index in [4.69, 9.17) is 5.10 Å². The number of aromatic nitrogens is 2. The predicted molar refractivity (Wildman–Crippen MR) is 89.6 cm³/mol. The van der Waals surface area contributed by atoms with Gasteiger partial charge >= 0.3 is 0 Å². The summed E-state index contributed by atoms with van der Waals surface area (Å²) in [6.07, 6.45) is 12.5. The molecule has 1 unspecified atom stereocenters. The molecule has 0 aliphatic heterocycles. The number of nitrogens with one attached hydrogen (secondary N) is 1. The molecule has 0 spiro atoms. The molecule has 1 N–H and O–H groups in total. The Hall–Kier alpha value is -0.830. The van der Waals surface area contributed by atoms with Gasteiger partial charge in [-0.25, -0.2) is 0 Å². The second kappa shape index (κ2) is 8.57. The van der Waals surface area contributed by atoms with Crippen LogP contribution in [0.25, 0.3) is 0 Å². The van der Waals surface area contributed by atoms with Crippen molar-refractivity contribution in [3.63, 3.8) is 0 Å². The maximum atomic E-state index is 4.87. The Morgan fingerprint density at radius 2 is 2.05 bits per heavy atom. The van der Waals surface area contributed by atoms with E-state index in [9.17, 15) is 0 Å². The van der Waals surface area contributed by atoms with Crippen molar-refractivity contribution in [2.45, 2.75) is 84.2 Å². The van der Waals surface area contributed by atoms with Crippen LogP contribution in [0.15, 0.2) is 12.3 Å². The van der Waals surface area contributed by atoms with Gasteiger partial charge < -0.3 is 5.32 Å². The fourth-order valence-electron chi connectivity index (χ4n) is 3.44. The molecule has 3 nitrogen and oxygen atoms in total. The van der Waals surface area contributed by atoms with Gasteiger partial charge in [0.15, 0.2) is 0 Å². The molecule has 1 aliphatic carbocycles. The third kappa shape index (κ3) is 5.46. The molecule has 0 saturated heterocycles. The van der Waals surface area contributed by atoms with Crippen LogP contribution in [0.5, 0.6) is 0 Å². The zero-order valence-electron chi connectivity index (χ0n) is 14.1. The van der Waals surface area contributed by atoms with E-state index in [1.165, 1.54) is 50.6 Å². The largest absolute Gasteiger partial charge is 0.314 e. The highest BCUT2D eigenvalue weighted by Crippen LogP contribution is 2.27. The second-order valence-corrected chi connectivity index (χ2v) is 7.06. The Bertz CT molecular complexity index is 391. The average molecular weight is 291 g/mol. The number of rotatable bonds is 8. The maximum absolute atomic E-state index is 4.87. The topological polar surface area (TPSA) is 29.9 Å². The van der Waals surface area contributed by atoms with Crippen LogP contribution >= 0.6 is 0 Å². The van der Waals surface area contributed by atoms with E-state index >= 15 is 0 Å². The van der Waals surface area contributed by atoms with Crippen LogP contribution in [-0.4, -0.2) is 22.4 Å². The minimum Gasteiger partial charge on any atom is -0.314 e. The SMILES string of the molecule is CCCNC(Cc1ccn(C2CCCCC2)n1)CC(C)C. The van der Waals surface area contributed by atoms with Crippen LogP contribution in [0, 0.1) is 5.92 Å². The molecule has 1 saturated carbocycles. The predicted octanol–water partition coefficient (Wildman–Crippen LogP) is 4.35. The highest BCUT2D eigenvalue weighted by atomic mass is 15.3. The van der Waals surface area contributed by atoms with E-state index in [1.54, 1.807) is 0 Å². The molecule has 1 aliphatic rings. The van der Waals surface area contributed by atoms with Crippen LogP contribution in [0.1, 0.15) is 77.5 Å². The van der Waals surface area contributed by atoms with Crippen molar-refractivity contribution in [2.24, 2.45) is 5.92 Å². The van der Waals surface area contributed by atoms with Crippen molar-refractivity contribution < 1.29 is 0 Å². The lowest BCUT2D eigenvalue weighted by molar-refractivity contribution is 0.326. The monoisotopic (exact) mass is 291 g/mol. The molecule has 120 valence electrons. The van der Waals surface area contributed by atoms with Crippen LogP contribution in [0.3, 0.4) is 0 Å². The number of hydrogen-bond acceptors (Lipinski definition) is 2. The summed E-state index contributed by atoms with van der Waals surface area (Å²) in [7, 11) is 0. The lowest BCUT2D eigenvalue weighted by Crippen LogP contribution is -2.33. The Morgan fingerprint density at radius 1 is 1.29 bits per heavy atom. The summed E-state index contributed by atoms with van der Waals surface area (Å²) < 4.78 is 2.24. The maximum Gasteiger partial charge on any atom is 0.0640 e. The van der Waals surface area contributed by atoms with Gasteiger partial charge in [0, 0.05) is 18.7 Å². The molecule has 0 radical (unpaired) electrons. The molecule has 1 fully saturated rings. The fourth-order valence-corrected chi connectivity index (χ4v) is 3.44.